The maximum atomic E-state index is 12.1. The van der Waals surface area contributed by atoms with Gasteiger partial charge in [0.15, 0.2) is 0 Å². The summed E-state index contributed by atoms with van der Waals surface area (Å²) in [6.07, 6.45) is -17.2. The topological polar surface area (TPSA) is 361 Å². The second-order valence-corrected chi connectivity index (χ2v) is 17.4. The van der Waals surface area contributed by atoms with Crippen LogP contribution in [0.4, 0.5) is 0 Å². The molecule has 0 saturated carbocycles. The molecule has 9 N–H and O–H groups in total. The first-order chi connectivity index (χ1) is 23.5. The van der Waals surface area contributed by atoms with Gasteiger partial charge in [-0.05, 0) is 26.1 Å². The molecule has 2 radical (unpaired) electrons. The average molecular weight is 1020 g/mol. The molecule has 6 fully saturated rings. The molecule has 0 aliphatic carbocycles. The molecule has 18 unspecified atom stereocenters. The Balaban J connectivity index is 0.000000354. The number of rotatable bonds is 0. The van der Waals surface area contributed by atoms with E-state index in [1.54, 1.807) is 0 Å². The second kappa shape index (κ2) is 20.4. The van der Waals surface area contributed by atoms with Crippen LogP contribution in [0.5, 0.6) is 0 Å². The molecule has 0 amide bonds. The molecule has 6 bridgehead atoms. The molecule has 6 rings (SSSR count). The molecule has 18 atom stereocenters. The number of ether oxygens (including phenoxy) is 4. The molecule has 6 heterocycles. The zero-order valence-electron chi connectivity index (χ0n) is 27.5. The molecule has 25 nitrogen and oxygen atoms in total. The van der Waals surface area contributed by atoms with E-state index in [0.29, 0.717) is 0 Å². The van der Waals surface area contributed by atoms with Crippen LogP contribution < -0.4 is 0 Å². The van der Waals surface area contributed by atoms with Gasteiger partial charge in [-0.1, -0.05) is 7.43 Å². The van der Waals surface area contributed by atoms with Gasteiger partial charge >= 0.3 is 31.3 Å². The van der Waals surface area contributed by atoms with Crippen molar-refractivity contribution in [1.82, 2.24) is 0 Å². The Labute approximate surface area is 358 Å². The zero-order valence-corrected chi connectivity index (χ0v) is 36.7. The van der Waals surface area contributed by atoms with Crippen molar-refractivity contribution < 1.29 is 184 Å². The van der Waals surface area contributed by atoms with Crippen molar-refractivity contribution in [3.63, 3.8) is 0 Å². The molecule has 312 valence electrons. The van der Waals surface area contributed by atoms with Crippen LogP contribution in [0.1, 0.15) is 21.3 Å². The van der Waals surface area contributed by atoms with Gasteiger partial charge in [0.2, 0.25) is 5.79 Å². The van der Waals surface area contributed by atoms with E-state index in [2.05, 4.69) is 9.05 Å². The minimum absolute atomic E-state index is 0. The Bertz CT molecular complexity index is 1430. The molecule has 6 aliphatic heterocycles. The fraction of sp³-hybridized carbons (Fsp3) is 0.913. The first kappa shape index (κ1) is 52.4. The van der Waals surface area contributed by atoms with Gasteiger partial charge in [0.1, 0.15) is 36.6 Å². The summed E-state index contributed by atoms with van der Waals surface area (Å²) in [5.74, 6) is -2.66. The molecule has 0 aromatic heterocycles. The van der Waals surface area contributed by atoms with E-state index in [1.807, 2.05) is 0 Å². The first-order valence-electron chi connectivity index (χ1n) is 14.9. The van der Waals surface area contributed by atoms with Gasteiger partial charge in [0, 0.05) is 65.4 Å². The fourth-order valence-corrected chi connectivity index (χ4v) is 9.11. The Hall–Kier alpha value is 2.29. The van der Waals surface area contributed by atoms with Gasteiger partial charge in [-0.25, -0.2) is 22.8 Å². The molecule has 6 aliphatic rings. The van der Waals surface area contributed by atoms with E-state index in [1.165, 1.54) is 13.8 Å². The monoisotopic (exact) mass is 1020 g/mol. The van der Waals surface area contributed by atoms with E-state index in [0.717, 1.165) is 13.2 Å². The molecular formula is C23H42O25P4Y2-2. The van der Waals surface area contributed by atoms with Crippen molar-refractivity contribution in [3.05, 3.63) is 13.2 Å². The zero-order chi connectivity index (χ0) is 37.7. The fourth-order valence-electron chi connectivity index (χ4n) is 5.37. The molecule has 0 spiro atoms. The predicted molar refractivity (Wildman–Crippen MR) is 162 cm³/mol. The third kappa shape index (κ3) is 12.9. The van der Waals surface area contributed by atoms with Gasteiger partial charge < -0.3 is 73.1 Å². The van der Waals surface area contributed by atoms with Gasteiger partial charge in [-0.15, -0.1) is 0 Å². The van der Waals surface area contributed by atoms with Gasteiger partial charge in [-0.2, -0.15) is 13.2 Å². The molecule has 6 saturated heterocycles. The number of phosphoric acid groups is 4. The maximum absolute atomic E-state index is 12.1. The maximum Gasteiger partial charge on any atom is 0.475 e. The van der Waals surface area contributed by atoms with Crippen LogP contribution in [-0.4, -0.2) is 157 Å². The number of fused-ring (bicyclic) bond motifs is 7. The van der Waals surface area contributed by atoms with Crippen LogP contribution in [0.15, 0.2) is 0 Å². The molecule has 0 aromatic carbocycles. The molecule has 0 aromatic rings. The van der Waals surface area contributed by atoms with Crippen molar-refractivity contribution in [1.29, 1.82) is 0 Å². The smallest absolute Gasteiger partial charge is 0.475 e. The van der Waals surface area contributed by atoms with Gasteiger partial charge in [-0.3, -0.25) is 22.6 Å². The summed E-state index contributed by atoms with van der Waals surface area (Å²) < 4.78 is 107. The van der Waals surface area contributed by atoms with Crippen LogP contribution in [0.3, 0.4) is 0 Å². The van der Waals surface area contributed by atoms with Crippen molar-refractivity contribution in [2.75, 3.05) is 26.4 Å². The van der Waals surface area contributed by atoms with Crippen LogP contribution in [-0.2, 0) is 139 Å². The third-order valence-electron chi connectivity index (χ3n) is 8.15. The molecule has 31 heteroatoms. The Kier molecular flexibility index (Phi) is 19.8. The van der Waals surface area contributed by atoms with Crippen LogP contribution in [0.25, 0.3) is 0 Å². The van der Waals surface area contributed by atoms with E-state index in [4.69, 9.17) is 46.1 Å². The minimum atomic E-state index is -4.91. The van der Waals surface area contributed by atoms with Crippen molar-refractivity contribution >= 4 is 31.3 Å². The Morgan fingerprint density at radius 1 is 0.593 bits per heavy atom. The molecular weight excluding hydrogens is 978 g/mol. The summed E-state index contributed by atoms with van der Waals surface area (Å²) in [5.41, 5.74) is 0. The van der Waals surface area contributed by atoms with Crippen LogP contribution in [0, 0.1) is 13.2 Å². The van der Waals surface area contributed by atoms with Gasteiger partial charge in [0.25, 0.3) is 0 Å². The van der Waals surface area contributed by atoms with Gasteiger partial charge in [0.05, 0.1) is 56.9 Å². The number of aliphatic hydroxyl groups excluding tert-OH is 4. The summed E-state index contributed by atoms with van der Waals surface area (Å²) >= 11 is 0. The number of aliphatic hydroxyl groups is 5. The van der Waals surface area contributed by atoms with Crippen molar-refractivity contribution in [2.24, 2.45) is 0 Å². The standard InChI is InChI=1S/C11H19O13P2.C11H19O12P2.CH4.2Y/c1-5-11(14)10(13)8(22-5)4-20-25(15,16)23-7-2-19-6(9(7)12)3-21-26(17,18)24-11;1-5-9(12)11-8(21-5)4-20-24(14,15)22-7-2-18-6(10(7)13)3-19-25(16,17)23-11;;;/h2,5-10,12-14H,3-4H2,1H3,(H,15,16)(H,17,18);2,5-13H,3-4H2,1H3,(H,14,15)(H,16,17);1H4;;/q2*-1;;;. The summed E-state index contributed by atoms with van der Waals surface area (Å²) in [6.45, 7) is 2.03. The quantitative estimate of drug-likeness (QED) is 0.0945. The summed E-state index contributed by atoms with van der Waals surface area (Å²) in [5, 5.41) is 50.6. The average Bonchev–Trinajstić information content (AvgIpc) is 3.69. The van der Waals surface area contributed by atoms with E-state index >= 15 is 0 Å². The SMILES string of the molecule is C.CC1OC2COP(=O)(O)OC3[CH-]OC(COP(=O)(O)OC1(O)C2O)C3O.CC1OC2COP(=O)(O)OC3[CH-]OC(COP(=O)(O)OC2C1O)C3O.[Y].[Y]. The van der Waals surface area contributed by atoms with E-state index in [-0.39, 0.29) is 72.8 Å². The molecule has 54 heavy (non-hydrogen) atoms. The predicted octanol–water partition coefficient (Wildman–Crippen LogP) is -1.90. The van der Waals surface area contributed by atoms with Crippen molar-refractivity contribution in [3.8, 4) is 0 Å². The van der Waals surface area contributed by atoms with Crippen LogP contribution >= 0.6 is 31.3 Å². The van der Waals surface area contributed by atoms with Crippen LogP contribution in [0.2, 0.25) is 0 Å². The van der Waals surface area contributed by atoms with E-state index in [9.17, 15) is 63.4 Å². The third-order valence-corrected chi connectivity index (χ3v) is 12.1. The minimum Gasteiger partial charge on any atom is -0.544 e. The second-order valence-electron chi connectivity index (χ2n) is 11.8. The van der Waals surface area contributed by atoms with Crippen molar-refractivity contribution in [2.45, 2.75) is 106 Å². The Morgan fingerprint density at radius 2 is 1.00 bits per heavy atom. The summed E-state index contributed by atoms with van der Waals surface area (Å²) in [4.78, 5) is 39.1. The summed E-state index contributed by atoms with van der Waals surface area (Å²) in [7, 11) is -18.9. The normalized spacial score (nSPS) is 52.5. The first-order valence-corrected chi connectivity index (χ1v) is 20.9. The number of hydrogen-bond donors (Lipinski definition) is 9. The number of hydrogen-bond acceptors (Lipinski definition) is 21. The largest absolute Gasteiger partial charge is 0.544 e. The summed E-state index contributed by atoms with van der Waals surface area (Å²) in [6, 6.07) is 0. The van der Waals surface area contributed by atoms with E-state index < -0.39 is 143 Å². The number of phosphoric ester groups is 4. The Morgan fingerprint density at radius 3 is 1.48 bits per heavy atom.